The van der Waals surface area contributed by atoms with E-state index < -0.39 is 35.5 Å². The zero-order valence-corrected chi connectivity index (χ0v) is 21.4. The summed E-state index contributed by atoms with van der Waals surface area (Å²) in [6, 6.07) is 10.2. The number of carbonyl (C=O) groups excluding carboxylic acids is 3. The van der Waals surface area contributed by atoms with Crippen molar-refractivity contribution >= 4 is 29.6 Å². The van der Waals surface area contributed by atoms with E-state index in [1.165, 1.54) is 4.90 Å². The van der Waals surface area contributed by atoms with Gasteiger partial charge in [0, 0.05) is 24.9 Å². The van der Waals surface area contributed by atoms with Gasteiger partial charge in [-0.2, -0.15) is 0 Å². The third-order valence-electron chi connectivity index (χ3n) is 8.69. The third-order valence-corrected chi connectivity index (χ3v) is 8.69. The minimum absolute atomic E-state index is 0.0588. The number of hydrogen-bond donors (Lipinski definition) is 6. The zero-order chi connectivity index (χ0) is 28.0. The number of likely N-dealkylation sites (tertiary alicyclic amines) is 1. The maximum absolute atomic E-state index is 13.7. The molecule has 0 saturated carbocycles. The van der Waals surface area contributed by atoms with E-state index in [2.05, 4.69) is 20.6 Å². The van der Waals surface area contributed by atoms with Crippen LogP contribution in [0.1, 0.15) is 34.3 Å². The molecule has 8 N–H and O–H groups in total. The van der Waals surface area contributed by atoms with E-state index in [4.69, 9.17) is 11.5 Å². The van der Waals surface area contributed by atoms with Gasteiger partial charge in [-0.1, -0.05) is 36.4 Å². The fraction of sp³-hybridized carbons (Fsp3) is 0.370. The van der Waals surface area contributed by atoms with Crippen LogP contribution in [0.4, 0.5) is 0 Å². The quantitative estimate of drug-likeness (QED) is 0.162. The number of aliphatic hydroxyl groups is 2. The Balaban J connectivity index is 1.21. The molecule has 4 heterocycles. The maximum atomic E-state index is 13.7. The number of rotatable bonds is 4. The van der Waals surface area contributed by atoms with Gasteiger partial charge in [0.25, 0.3) is 5.91 Å². The van der Waals surface area contributed by atoms with E-state index in [0.717, 1.165) is 27.2 Å². The van der Waals surface area contributed by atoms with Crippen molar-refractivity contribution in [2.24, 2.45) is 21.5 Å². The highest BCUT2D eigenvalue weighted by molar-refractivity contribution is 6.04. The summed E-state index contributed by atoms with van der Waals surface area (Å²) in [4.78, 5) is 49.7. The Morgan fingerprint density at radius 2 is 1.77 bits per heavy atom. The van der Waals surface area contributed by atoms with E-state index >= 15 is 0 Å². The Hall–Kier alpha value is -4.49. The van der Waals surface area contributed by atoms with Crippen LogP contribution in [0.5, 0.6) is 0 Å². The lowest BCUT2D eigenvalue weighted by Crippen LogP contribution is -2.78. The SMILES string of the molecule is NC1=N[C@H]2[C@H](CN3C(=O)CCC3=O)N=C(N)N3CC(NC(=O)c4cccc5c4-c4ccccc4C5)C(O)(O)[C@]23N1. The molecule has 3 amide bonds. The number of fused-ring (bicyclic) bond motifs is 3. The molecule has 2 fully saturated rings. The standard InChI is InChI=1S/C27H28N8O5/c28-24-32-22-17(11-34-19(36)8-9-20(34)37)30-25(29)35-12-18(27(39,40)26(22,35)33-24)31-23(38)16-7-3-5-14-10-13-4-1-2-6-15(13)21(14)16/h1-7,17-18,22,39-40H,8-12H2,(H2,29,30)(H,31,38)(H3,28,32,33)/t17-,18?,22-,26-/m0/s1. The Morgan fingerprint density at radius 1 is 1.05 bits per heavy atom. The van der Waals surface area contributed by atoms with Crippen molar-refractivity contribution in [1.29, 1.82) is 0 Å². The van der Waals surface area contributed by atoms with Crippen molar-refractivity contribution in [3.63, 3.8) is 0 Å². The van der Waals surface area contributed by atoms with Crippen molar-refractivity contribution in [3.05, 3.63) is 59.2 Å². The fourth-order valence-electron chi connectivity index (χ4n) is 6.86. The number of nitrogens with two attached hydrogens (primary N) is 2. The number of aliphatic imine (C=N–C) groups is 2. The highest BCUT2D eigenvalue weighted by atomic mass is 16.5. The Kier molecular flexibility index (Phi) is 5.07. The van der Waals surface area contributed by atoms with Gasteiger partial charge in [-0.3, -0.25) is 19.3 Å². The van der Waals surface area contributed by atoms with Crippen molar-refractivity contribution in [3.8, 4) is 11.1 Å². The predicted octanol–water partition coefficient (Wildman–Crippen LogP) is -1.82. The maximum Gasteiger partial charge on any atom is 0.252 e. The molecule has 4 aliphatic heterocycles. The second-order valence-electron chi connectivity index (χ2n) is 10.8. The van der Waals surface area contributed by atoms with E-state index in [1.54, 1.807) is 12.1 Å². The Labute approximate surface area is 228 Å². The molecule has 40 heavy (non-hydrogen) atoms. The van der Waals surface area contributed by atoms with E-state index in [9.17, 15) is 24.6 Å². The molecule has 2 saturated heterocycles. The van der Waals surface area contributed by atoms with Crippen molar-refractivity contribution < 1.29 is 24.6 Å². The van der Waals surface area contributed by atoms with Gasteiger partial charge >= 0.3 is 0 Å². The van der Waals surface area contributed by atoms with Crippen LogP contribution in [0, 0.1) is 0 Å². The summed E-state index contributed by atoms with van der Waals surface area (Å²) in [5, 5.41) is 29.1. The molecule has 206 valence electrons. The molecule has 1 spiro atoms. The van der Waals surface area contributed by atoms with Gasteiger partial charge in [0.15, 0.2) is 17.6 Å². The summed E-state index contributed by atoms with van der Waals surface area (Å²) in [6.07, 6.45) is 0.902. The van der Waals surface area contributed by atoms with Gasteiger partial charge < -0.3 is 37.2 Å². The van der Waals surface area contributed by atoms with Crippen LogP contribution in [-0.4, -0.2) is 92.3 Å². The lowest BCUT2D eigenvalue weighted by Gasteiger charge is -2.49. The fourth-order valence-corrected chi connectivity index (χ4v) is 6.86. The normalized spacial score (nSPS) is 29.3. The average molecular weight is 545 g/mol. The minimum atomic E-state index is -2.63. The predicted molar refractivity (Wildman–Crippen MR) is 142 cm³/mol. The summed E-state index contributed by atoms with van der Waals surface area (Å²) in [5.41, 5.74) is 14.9. The number of amides is 3. The van der Waals surface area contributed by atoms with E-state index in [1.807, 2.05) is 30.3 Å². The largest absolute Gasteiger partial charge is 0.370 e. The highest BCUT2D eigenvalue weighted by Gasteiger charge is 2.73. The summed E-state index contributed by atoms with van der Waals surface area (Å²) in [5.74, 6) is -3.94. The number of nitrogens with zero attached hydrogens (tertiary/aromatic N) is 4. The molecule has 0 aromatic heterocycles. The first-order valence-electron chi connectivity index (χ1n) is 13.1. The molecule has 0 bridgehead atoms. The topological polar surface area (TPSA) is 199 Å². The molecule has 13 heteroatoms. The first-order chi connectivity index (χ1) is 19.1. The summed E-state index contributed by atoms with van der Waals surface area (Å²) in [6.45, 7) is -0.250. The molecule has 0 radical (unpaired) electrons. The second-order valence-corrected chi connectivity index (χ2v) is 10.8. The molecule has 4 atom stereocenters. The number of guanidine groups is 2. The average Bonchev–Trinajstić information content (AvgIpc) is 3.63. The van der Waals surface area contributed by atoms with E-state index in [-0.39, 0.29) is 49.7 Å². The Morgan fingerprint density at radius 3 is 2.55 bits per heavy atom. The molecular weight excluding hydrogens is 516 g/mol. The first kappa shape index (κ1) is 24.5. The third kappa shape index (κ3) is 3.18. The Bertz CT molecular complexity index is 1540. The van der Waals surface area contributed by atoms with E-state index in [0.29, 0.717) is 12.0 Å². The first-order valence-corrected chi connectivity index (χ1v) is 13.1. The number of imide groups is 1. The molecule has 2 aromatic rings. The van der Waals surface area contributed by atoms with Crippen molar-refractivity contribution in [2.75, 3.05) is 13.1 Å². The number of benzene rings is 2. The number of nitrogens with one attached hydrogen (secondary N) is 2. The number of carbonyl (C=O) groups is 3. The molecular formula is C27H28N8O5. The van der Waals surface area contributed by atoms with Gasteiger partial charge in [0.1, 0.15) is 12.1 Å². The lowest BCUT2D eigenvalue weighted by atomic mass is 9.84. The number of hydrogen-bond acceptors (Lipinski definition) is 11. The monoisotopic (exact) mass is 544 g/mol. The minimum Gasteiger partial charge on any atom is -0.370 e. The smallest absolute Gasteiger partial charge is 0.252 e. The molecule has 1 unspecified atom stereocenters. The molecule has 1 aliphatic carbocycles. The van der Waals surface area contributed by atoms with Crippen LogP contribution in [0.3, 0.4) is 0 Å². The van der Waals surface area contributed by atoms with Gasteiger partial charge in [-0.15, -0.1) is 0 Å². The van der Waals surface area contributed by atoms with Crippen LogP contribution < -0.4 is 22.1 Å². The lowest BCUT2D eigenvalue weighted by molar-refractivity contribution is -0.230. The summed E-state index contributed by atoms with van der Waals surface area (Å²) < 4.78 is 0. The summed E-state index contributed by atoms with van der Waals surface area (Å²) >= 11 is 0. The highest BCUT2D eigenvalue weighted by Crippen LogP contribution is 2.45. The van der Waals surface area contributed by atoms with Crippen LogP contribution in [0.15, 0.2) is 52.4 Å². The van der Waals surface area contributed by atoms with Crippen LogP contribution >= 0.6 is 0 Å². The van der Waals surface area contributed by atoms with Crippen LogP contribution in [0.2, 0.25) is 0 Å². The molecule has 2 aromatic carbocycles. The van der Waals surface area contributed by atoms with Crippen LogP contribution in [0.25, 0.3) is 11.1 Å². The molecule has 7 rings (SSSR count). The van der Waals surface area contributed by atoms with Crippen molar-refractivity contribution in [1.82, 2.24) is 20.4 Å². The van der Waals surface area contributed by atoms with Gasteiger partial charge in [-0.25, -0.2) is 9.98 Å². The van der Waals surface area contributed by atoms with Crippen LogP contribution in [-0.2, 0) is 16.0 Å². The second kappa shape index (κ2) is 8.26. The summed E-state index contributed by atoms with van der Waals surface area (Å²) in [7, 11) is 0. The van der Waals surface area contributed by atoms with Gasteiger partial charge in [0.2, 0.25) is 17.6 Å². The van der Waals surface area contributed by atoms with Gasteiger partial charge in [0.05, 0.1) is 12.6 Å². The molecule has 13 nitrogen and oxygen atoms in total. The van der Waals surface area contributed by atoms with Gasteiger partial charge in [-0.05, 0) is 34.7 Å². The van der Waals surface area contributed by atoms with Crippen molar-refractivity contribution in [2.45, 2.75) is 48.8 Å². The zero-order valence-electron chi connectivity index (χ0n) is 21.4. The molecule has 5 aliphatic rings.